The van der Waals surface area contributed by atoms with E-state index < -0.39 is 0 Å². The van der Waals surface area contributed by atoms with E-state index in [1.54, 1.807) is 7.11 Å². The lowest BCUT2D eigenvalue weighted by molar-refractivity contribution is 0.0732. The van der Waals surface area contributed by atoms with Gasteiger partial charge in [0.1, 0.15) is 5.75 Å². The molecule has 1 N–H and O–H groups in total. The van der Waals surface area contributed by atoms with Gasteiger partial charge in [0.15, 0.2) is 0 Å². The van der Waals surface area contributed by atoms with Crippen LogP contribution in [0.2, 0.25) is 10.0 Å². The van der Waals surface area contributed by atoms with Gasteiger partial charge in [-0.2, -0.15) is 0 Å². The number of hydrogen-bond acceptors (Lipinski definition) is 4. The molecule has 1 fully saturated rings. The van der Waals surface area contributed by atoms with E-state index in [1.807, 2.05) is 60.4 Å². The number of aryl methyl sites for hydroxylation is 1. The predicted molar refractivity (Wildman–Crippen MR) is 149 cm³/mol. The average molecular weight is 530 g/mol. The molecule has 1 aliphatic rings. The molecule has 0 bridgehead atoms. The van der Waals surface area contributed by atoms with E-state index >= 15 is 0 Å². The number of H-pyrrole nitrogens is 1. The Balaban J connectivity index is 1.37. The second kappa shape index (κ2) is 12.0. The number of carbonyl (C=O) groups is 1. The van der Waals surface area contributed by atoms with Crippen LogP contribution in [-0.2, 0) is 0 Å². The first kappa shape index (κ1) is 26.4. The number of hydrogen-bond donors (Lipinski definition) is 1. The zero-order valence-corrected chi connectivity index (χ0v) is 22.7. The van der Waals surface area contributed by atoms with Crippen molar-refractivity contribution in [3.63, 3.8) is 0 Å². The minimum Gasteiger partial charge on any atom is -0.497 e. The van der Waals surface area contributed by atoms with Crippen molar-refractivity contribution in [1.29, 1.82) is 0 Å². The standard InChI is InChI=1S/C28H34Cl2N4O2/c1-4-12-34(18-15-32-13-16-33(17-14-32)26-7-5-6-24(29)27(26)30)28(35)23-19-25(31-20(23)2)21-8-10-22(36-3)11-9-21/h5-11,19,31H,4,12-18H2,1-3H3. The molecule has 2 heterocycles. The van der Waals surface area contributed by atoms with Crippen molar-refractivity contribution in [2.75, 3.05) is 57.8 Å². The molecule has 1 aromatic heterocycles. The number of rotatable bonds is 9. The van der Waals surface area contributed by atoms with Gasteiger partial charge in [-0.1, -0.05) is 36.2 Å². The monoisotopic (exact) mass is 528 g/mol. The summed E-state index contributed by atoms with van der Waals surface area (Å²) in [5.74, 6) is 0.888. The zero-order valence-electron chi connectivity index (χ0n) is 21.2. The minimum absolute atomic E-state index is 0.0784. The summed E-state index contributed by atoms with van der Waals surface area (Å²) in [5.41, 5.74) is 4.57. The highest BCUT2D eigenvalue weighted by Gasteiger charge is 2.23. The topological polar surface area (TPSA) is 51.8 Å². The van der Waals surface area contributed by atoms with Gasteiger partial charge in [0.05, 0.1) is 28.4 Å². The largest absolute Gasteiger partial charge is 0.497 e. The summed E-state index contributed by atoms with van der Waals surface area (Å²) < 4.78 is 5.26. The number of anilines is 1. The highest BCUT2D eigenvalue weighted by Crippen LogP contribution is 2.33. The highest BCUT2D eigenvalue weighted by atomic mass is 35.5. The number of nitrogens with one attached hydrogen (secondary N) is 1. The Labute approximate surface area is 223 Å². The van der Waals surface area contributed by atoms with Crippen LogP contribution < -0.4 is 9.64 Å². The first-order chi connectivity index (χ1) is 17.4. The summed E-state index contributed by atoms with van der Waals surface area (Å²) in [7, 11) is 1.65. The van der Waals surface area contributed by atoms with Crippen molar-refractivity contribution in [1.82, 2.24) is 14.8 Å². The van der Waals surface area contributed by atoms with Crippen molar-refractivity contribution < 1.29 is 9.53 Å². The number of amides is 1. The van der Waals surface area contributed by atoms with Gasteiger partial charge in [0, 0.05) is 57.2 Å². The molecule has 0 unspecified atom stereocenters. The van der Waals surface area contributed by atoms with E-state index in [1.165, 1.54) is 0 Å². The minimum atomic E-state index is 0.0784. The molecule has 1 amide bonds. The first-order valence-corrected chi connectivity index (χ1v) is 13.2. The SMILES string of the molecule is CCCN(CCN1CCN(c2cccc(Cl)c2Cl)CC1)C(=O)c1cc(-c2ccc(OC)cc2)[nH]c1C. The van der Waals surface area contributed by atoms with Crippen LogP contribution >= 0.6 is 23.2 Å². The van der Waals surface area contributed by atoms with Crippen molar-refractivity contribution in [2.24, 2.45) is 0 Å². The average Bonchev–Trinajstić information content (AvgIpc) is 3.29. The van der Waals surface area contributed by atoms with Gasteiger partial charge in [-0.25, -0.2) is 0 Å². The number of aromatic nitrogens is 1. The Hall–Kier alpha value is -2.67. The smallest absolute Gasteiger partial charge is 0.255 e. The predicted octanol–water partition coefficient (Wildman–Crippen LogP) is 5.98. The summed E-state index contributed by atoms with van der Waals surface area (Å²) in [5, 5.41) is 1.20. The lowest BCUT2D eigenvalue weighted by Gasteiger charge is -2.37. The van der Waals surface area contributed by atoms with E-state index in [4.69, 9.17) is 27.9 Å². The molecule has 0 spiro atoms. The lowest BCUT2D eigenvalue weighted by Crippen LogP contribution is -2.49. The van der Waals surface area contributed by atoms with Crippen molar-refractivity contribution >= 4 is 34.8 Å². The Morgan fingerprint density at radius 1 is 1.06 bits per heavy atom. The molecule has 0 radical (unpaired) electrons. The van der Waals surface area contributed by atoms with Gasteiger partial charge in [-0.15, -0.1) is 0 Å². The molecule has 36 heavy (non-hydrogen) atoms. The molecular formula is C28H34Cl2N4O2. The van der Waals surface area contributed by atoms with E-state index in [9.17, 15) is 4.79 Å². The maximum absolute atomic E-state index is 13.5. The summed E-state index contributed by atoms with van der Waals surface area (Å²) in [6.07, 6.45) is 0.918. The third kappa shape index (κ3) is 6.00. The van der Waals surface area contributed by atoms with Crippen LogP contribution in [0.15, 0.2) is 48.5 Å². The number of benzene rings is 2. The lowest BCUT2D eigenvalue weighted by atomic mass is 10.1. The number of aromatic amines is 1. The molecule has 192 valence electrons. The van der Waals surface area contributed by atoms with Crippen LogP contribution in [0.5, 0.6) is 5.75 Å². The fourth-order valence-corrected chi connectivity index (χ4v) is 5.09. The molecule has 6 nitrogen and oxygen atoms in total. The zero-order chi connectivity index (χ0) is 25.7. The van der Waals surface area contributed by atoms with E-state index in [0.29, 0.717) is 16.6 Å². The van der Waals surface area contributed by atoms with Gasteiger partial charge in [-0.05, 0) is 61.4 Å². The molecule has 0 atom stereocenters. The molecular weight excluding hydrogens is 495 g/mol. The molecule has 1 aliphatic heterocycles. The van der Waals surface area contributed by atoms with Gasteiger partial charge in [0.2, 0.25) is 0 Å². The third-order valence-electron chi connectivity index (χ3n) is 6.76. The second-order valence-electron chi connectivity index (χ2n) is 9.14. The molecule has 0 aliphatic carbocycles. The number of nitrogens with zero attached hydrogens (tertiary/aromatic N) is 3. The second-order valence-corrected chi connectivity index (χ2v) is 9.93. The van der Waals surface area contributed by atoms with Crippen LogP contribution in [-0.4, -0.2) is 73.6 Å². The normalized spacial score (nSPS) is 14.2. The summed E-state index contributed by atoms with van der Waals surface area (Å²) in [6.45, 7) is 9.95. The van der Waals surface area contributed by atoms with Crippen molar-refractivity contribution in [3.05, 3.63) is 69.8 Å². The fraction of sp³-hybridized carbons (Fsp3) is 0.393. The van der Waals surface area contributed by atoms with E-state index in [0.717, 1.165) is 79.6 Å². The van der Waals surface area contributed by atoms with Gasteiger partial charge in [0.25, 0.3) is 5.91 Å². The molecule has 0 saturated carbocycles. The number of halogens is 2. The van der Waals surface area contributed by atoms with Crippen LogP contribution in [0.1, 0.15) is 29.4 Å². The van der Waals surface area contributed by atoms with Gasteiger partial charge < -0.3 is 19.5 Å². The highest BCUT2D eigenvalue weighted by molar-refractivity contribution is 6.43. The molecule has 1 saturated heterocycles. The summed E-state index contributed by atoms with van der Waals surface area (Å²) in [4.78, 5) is 23.6. The van der Waals surface area contributed by atoms with Crippen LogP contribution in [0.3, 0.4) is 0 Å². The maximum Gasteiger partial charge on any atom is 0.255 e. The quantitative estimate of drug-likeness (QED) is 0.371. The van der Waals surface area contributed by atoms with Crippen molar-refractivity contribution in [3.8, 4) is 17.0 Å². The van der Waals surface area contributed by atoms with Gasteiger partial charge >= 0.3 is 0 Å². The molecule has 8 heteroatoms. The molecule has 4 rings (SSSR count). The van der Waals surface area contributed by atoms with Crippen LogP contribution in [0, 0.1) is 6.92 Å². The van der Waals surface area contributed by atoms with Crippen LogP contribution in [0.4, 0.5) is 5.69 Å². The third-order valence-corrected chi connectivity index (χ3v) is 7.57. The summed E-state index contributed by atoms with van der Waals surface area (Å²) >= 11 is 12.6. The summed E-state index contributed by atoms with van der Waals surface area (Å²) in [6, 6.07) is 15.6. The Kier molecular flexibility index (Phi) is 8.83. The van der Waals surface area contributed by atoms with Crippen molar-refractivity contribution in [2.45, 2.75) is 20.3 Å². The molecule has 2 aromatic carbocycles. The number of ether oxygens (including phenoxy) is 1. The number of piperazine rings is 1. The van der Waals surface area contributed by atoms with Crippen LogP contribution in [0.25, 0.3) is 11.3 Å². The van der Waals surface area contributed by atoms with Gasteiger partial charge in [-0.3, -0.25) is 9.69 Å². The fourth-order valence-electron chi connectivity index (χ4n) is 4.67. The number of carbonyl (C=O) groups excluding carboxylic acids is 1. The Morgan fingerprint density at radius 2 is 1.78 bits per heavy atom. The van der Waals surface area contributed by atoms with E-state index in [2.05, 4.69) is 21.7 Å². The number of methoxy groups -OCH3 is 1. The van der Waals surface area contributed by atoms with E-state index in [-0.39, 0.29) is 5.91 Å². The maximum atomic E-state index is 13.5. The first-order valence-electron chi connectivity index (χ1n) is 12.5. The molecule has 3 aromatic rings. The Morgan fingerprint density at radius 3 is 2.44 bits per heavy atom. The Bertz CT molecular complexity index is 1170.